The molecule has 1 aliphatic carbocycles. The Bertz CT molecular complexity index is 1090. The molecule has 0 unspecified atom stereocenters. The molecule has 2 heterocycles. The minimum absolute atomic E-state index is 0.0314. The number of benzene rings is 1. The Labute approximate surface area is 173 Å². The van der Waals surface area contributed by atoms with Crippen LogP contribution in [0.1, 0.15) is 58.1 Å². The predicted molar refractivity (Wildman–Crippen MR) is 118 cm³/mol. The van der Waals surface area contributed by atoms with Gasteiger partial charge in [-0.2, -0.15) is 0 Å². The van der Waals surface area contributed by atoms with Crippen molar-refractivity contribution in [3.05, 3.63) is 54.4 Å². The summed E-state index contributed by atoms with van der Waals surface area (Å²) in [5.74, 6) is 0.425. The van der Waals surface area contributed by atoms with Gasteiger partial charge in [0.1, 0.15) is 0 Å². The molecule has 0 amide bonds. The Morgan fingerprint density at radius 3 is 2.45 bits per heavy atom. The summed E-state index contributed by atoms with van der Waals surface area (Å²) >= 11 is 0. The van der Waals surface area contributed by atoms with E-state index in [1.807, 2.05) is 24.4 Å². The maximum absolute atomic E-state index is 12.4. The minimum Gasteiger partial charge on any atom is -0.358 e. The number of nitrogens with zero attached hydrogens (tertiary/aromatic N) is 1. The number of rotatable bonds is 4. The van der Waals surface area contributed by atoms with E-state index in [9.17, 15) is 8.42 Å². The lowest BCUT2D eigenvalue weighted by Crippen LogP contribution is -2.45. The Kier molecular flexibility index (Phi) is 5.25. The zero-order valence-corrected chi connectivity index (χ0v) is 18.1. The molecule has 2 aromatic heterocycles. The molecule has 154 valence electrons. The summed E-state index contributed by atoms with van der Waals surface area (Å²) in [5.41, 5.74) is 4.47. The van der Waals surface area contributed by atoms with E-state index in [1.54, 1.807) is 20.8 Å². The quantitative estimate of drug-likeness (QED) is 0.636. The highest BCUT2D eigenvalue weighted by Gasteiger charge is 2.33. The van der Waals surface area contributed by atoms with Crippen LogP contribution in [0.4, 0.5) is 0 Å². The first-order chi connectivity index (χ1) is 13.7. The predicted octanol–water partition coefficient (Wildman–Crippen LogP) is 4.97. The molecule has 29 heavy (non-hydrogen) atoms. The van der Waals surface area contributed by atoms with E-state index in [4.69, 9.17) is 0 Å². The Morgan fingerprint density at radius 2 is 1.79 bits per heavy atom. The van der Waals surface area contributed by atoms with Crippen LogP contribution in [0.5, 0.6) is 0 Å². The summed E-state index contributed by atoms with van der Waals surface area (Å²) in [4.78, 5) is 8.10. The number of hydrogen-bond acceptors (Lipinski definition) is 3. The third-order valence-corrected chi connectivity index (χ3v) is 8.18. The molecule has 3 aromatic rings. The Balaban J connectivity index is 1.51. The summed E-state index contributed by atoms with van der Waals surface area (Å²) in [5, 5.41) is 1.19. The maximum atomic E-state index is 12.4. The van der Waals surface area contributed by atoms with Crippen molar-refractivity contribution < 1.29 is 8.42 Å². The number of sulfonamides is 1. The molecule has 0 atom stereocenters. The van der Waals surface area contributed by atoms with Gasteiger partial charge in [0.2, 0.25) is 10.0 Å². The first-order valence-electron chi connectivity index (χ1n) is 10.3. The minimum atomic E-state index is -3.30. The summed E-state index contributed by atoms with van der Waals surface area (Å²) in [7, 11) is -3.30. The van der Waals surface area contributed by atoms with Gasteiger partial charge in [0.05, 0.1) is 10.4 Å². The fourth-order valence-electron chi connectivity index (χ4n) is 4.06. The molecular formula is C23H29N3O2S. The van der Waals surface area contributed by atoms with E-state index < -0.39 is 14.8 Å². The van der Waals surface area contributed by atoms with Gasteiger partial charge in [-0.1, -0.05) is 18.2 Å². The molecule has 0 aliphatic heterocycles. The van der Waals surface area contributed by atoms with Crippen molar-refractivity contribution in [2.75, 3.05) is 0 Å². The van der Waals surface area contributed by atoms with Crippen molar-refractivity contribution in [3.8, 4) is 11.3 Å². The molecule has 0 radical (unpaired) electrons. The van der Waals surface area contributed by atoms with Crippen molar-refractivity contribution >= 4 is 20.9 Å². The molecule has 6 heteroatoms. The lowest BCUT2D eigenvalue weighted by atomic mass is 9.84. The fraction of sp³-hybridized carbons (Fsp3) is 0.435. The van der Waals surface area contributed by atoms with Gasteiger partial charge in [-0.25, -0.2) is 13.1 Å². The number of pyridine rings is 1. The van der Waals surface area contributed by atoms with Gasteiger partial charge in [0, 0.05) is 34.4 Å². The summed E-state index contributed by atoms with van der Waals surface area (Å²) in [6, 6.07) is 14.5. The topological polar surface area (TPSA) is 74.8 Å². The second-order valence-corrected chi connectivity index (χ2v) is 11.5. The monoisotopic (exact) mass is 411 g/mol. The number of aromatic amines is 1. The smallest absolute Gasteiger partial charge is 0.216 e. The molecule has 0 saturated heterocycles. The van der Waals surface area contributed by atoms with Crippen LogP contribution >= 0.6 is 0 Å². The Hall–Kier alpha value is -2.18. The van der Waals surface area contributed by atoms with Crippen LogP contribution in [0, 0.1) is 0 Å². The summed E-state index contributed by atoms with van der Waals surface area (Å²) in [6.45, 7) is 5.22. The van der Waals surface area contributed by atoms with Crippen molar-refractivity contribution in [3.63, 3.8) is 0 Å². The van der Waals surface area contributed by atoms with Crippen molar-refractivity contribution in [2.24, 2.45) is 0 Å². The number of H-pyrrole nitrogens is 1. The van der Waals surface area contributed by atoms with E-state index in [2.05, 4.69) is 39.0 Å². The average Bonchev–Trinajstić information content (AvgIpc) is 3.12. The average molecular weight is 412 g/mol. The maximum Gasteiger partial charge on any atom is 0.216 e. The fourth-order valence-corrected chi connectivity index (χ4v) is 5.09. The normalized spacial score (nSPS) is 20.8. The highest BCUT2D eigenvalue weighted by Crippen LogP contribution is 2.36. The summed E-state index contributed by atoms with van der Waals surface area (Å²) < 4.78 is 27.0. The van der Waals surface area contributed by atoms with Crippen molar-refractivity contribution in [1.29, 1.82) is 0 Å². The van der Waals surface area contributed by atoms with Crippen LogP contribution in [0.2, 0.25) is 0 Å². The van der Waals surface area contributed by atoms with Crippen LogP contribution in [-0.2, 0) is 10.0 Å². The van der Waals surface area contributed by atoms with Crippen LogP contribution in [0.15, 0.2) is 48.7 Å². The lowest BCUT2D eigenvalue weighted by molar-refractivity contribution is 0.368. The molecule has 1 aliphatic rings. The van der Waals surface area contributed by atoms with E-state index in [1.165, 1.54) is 11.1 Å². The second-order valence-electron chi connectivity index (χ2n) is 8.99. The summed E-state index contributed by atoms with van der Waals surface area (Å²) in [6.07, 6.45) is 5.50. The molecular weight excluding hydrogens is 382 g/mol. The van der Waals surface area contributed by atoms with Gasteiger partial charge in [0.25, 0.3) is 0 Å². The standard InChI is InChI=1S/C23H29N3O2S/c1-23(2,3)29(27,28)26-17-12-10-16(11-13-17)22-15-19-18(7-6-9-21(19)25-22)20-8-4-5-14-24-20/h4-9,14-17,25-26H,10-13H2,1-3H3. The van der Waals surface area contributed by atoms with E-state index >= 15 is 0 Å². The van der Waals surface area contributed by atoms with Crippen LogP contribution in [0.3, 0.4) is 0 Å². The molecule has 4 rings (SSSR count). The zero-order valence-electron chi connectivity index (χ0n) is 17.3. The van der Waals surface area contributed by atoms with Gasteiger partial charge < -0.3 is 4.98 Å². The molecule has 1 aromatic carbocycles. The molecule has 2 N–H and O–H groups in total. The molecule has 1 fully saturated rings. The van der Waals surface area contributed by atoms with E-state index in [0.29, 0.717) is 5.92 Å². The van der Waals surface area contributed by atoms with Gasteiger partial charge in [-0.3, -0.25) is 4.98 Å². The first kappa shape index (κ1) is 20.1. The van der Waals surface area contributed by atoms with Crippen molar-refractivity contribution in [1.82, 2.24) is 14.7 Å². The van der Waals surface area contributed by atoms with E-state index in [0.717, 1.165) is 42.5 Å². The number of fused-ring (bicyclic) bond motifs is 1. The lowest BCUT2D eigenvalue weighted by Gasteiger charge is -2.31. The van der Waals surface area contributed by atoms with Gasteiger partial charge in [0.15, 0.2) is 0 Å². The number of hydrogen-bond donors (Lipinski definition) is 2. The second kappa shape index (κ2) is 7.58. The third kappa shape index (κ3) is 4.09. The highest BCUT2D eigenvalue weighted by atomic mass is 32.2. The van der Waals surface area contributed by atoms with Crippen LogP contribution in [-0.4, -0.2) is 29.2 Å². The van der Waals surface area contributed by atoms with Crippen LogP contribution < -0.4 is 4.72 Å². The first-order valence-corrected chi connectivity index (χ1v) is 11.8. The van der Waals surface area contributed by atoms with Gasteiger partial charge in [-0.15, -0.1) is 0 Å². The molecule has 1 saturated carbocycles. The highest BCUT2D eigenvalue weighted by molar-refractivity contribution is 7.90. The van der Waals surface area contributed by atoms with Crippen molar-refractivity contribution in [2.45, 2.75) is 63.2 Å². The Morgan fingerprint density at radius 1 is 1.03 bits per heavy atom. The third-order valence-electron chi connectivity index (χ3n) is 5.92. The van der Waals surface area contributed by atoms with Gasteiger partial charge >= 0.3 is 0 Å². The molecule has 0 spiro atoms. The largest absolute Gasteiger partial charge is 0.358 e. The zero-order chi connectivity index (χ0) is 20.6. The number of aromatic nitrogens is 2. The molecule has 5 nitrogen and oxygen atoms in total. The molecule has 0 bridgehead atoms. The SMILES string of the molecule is CC(C)(C)S(=O)(=O)NC1CCC(c2cc3c(-c4ccccn4)cccc3[nH]2)CC1. The van der Waals surface area contributed by atoms with Crippen LogP contribution in [0.25, 0.3) is 22.2 Å². The van der Waals surface area contributed by atoms with E-state index in [-0.39, 0.29) is 6.04 Å². The number of nitrogens with one attached hydrogen (secondary N) is 2. The van der Waals surface area contributed by atoms with Gasteiger partial charge in [-0.05, 0) is 76.6 Å².